The maximum atomic E-state index is 13.0. The molecule has 0 bridgehead atoms. The SMILES string of the molecule is CCNc1nc2c(Br)cc(F)cc2s1. The van der Waals surface area contributed by atoms with E-state index in [0.717, 1.165) is 21.9 Å². The molecule has 5 heteroatoms. The zero-order chi connectivity index (χ0) is 10.1. The van der Waals surface area contributed by atoms with Crippen molar-refractivity contribution < 1.29 is 4.39 Å². The van der Waals surface area contributed by atoms with Gasteiger partial charge in [0.1, 0.15) is 5.82 Å². The fourth-order valence-electron chi connectivity index (χ4n) is 1.18. The van der Waals surface area contributed by atoms with E-state index in [0.29, 0.717) is 4.47 Å². The summed E-state index contributed by atoms with van der Waals surface area (Å²) >= 11 is 4.75. The summed E-state index contributed by atoms with van der Waals surface area (Å²) in [7, 11) is 0. The Morgan fingerprint density at radius 3 is 3.07 bits per heavy atom. The van der Waals surface area contributed by atoms with Crippen LogP contribution in [-0.4, -0.2) is 11.5 Å². The predicted octanol–water partition coefficient (Wildman–Crippen LogP) is 3.63. The molecule has 0 aliphatic carbocycles. The highest BCUT2D eigenvalue weighted by atomic mass is 79.9. The van der Waals surface area contributed by atoms with E-state index in [9.17, 15) is 4.39 Å². The molecule has 0 atom stereocenters. The van der Waals surface area contributed by atoms with Crippen LogP contribution >= 0.6 is 27.3 Å². The zero-order valence-electron chi connectivity index (χ0n) is 7.47. The zero-order valence-corrected chi connectivity index (χ0v) is 9.88. The van der Waals surface area contributed by atoms with Crippen LogP contribution in [0.2, 0.25) is 0 Å². The number of hydrogen-bond acceptors (Lipinski definition) is 3. The molecule has 0 amide bonds. The molecule has 0 spiro atoms. The summed E-state index contributed by atoms with van der Waals surface area (Å²) in [6.45, 7) is 2.82. The second kappa shape index (κ2) is 3.82. The standard InChI is InChI=1S/C9H8BrFN2S/c1-2-12-9-13-8-6(10)3-5(11)4-7(8)14-9/h3-4H,2H2,1H3,(H,12,13). The quantitative estimate of drug-likeness (QED) is 0.905. The Balaban J connectivity index is 2.58. The molecular weight excluding hydrogens is 267 g/mol. The second-order valence-electron chi connectivity index (χ2n) is 2.78. The van der Waals surface area contributed by atoms with E-state index >= 15 is 0 Å². The molecule has 0 aliphatic heterocycles. The molecule has 0 saturated heterocycles. The maximum Gasteiger partial charge on any atom is 0.183 e. The molecule has 0 saturated carbocycles. The van der Waals surface area contributed by atoms with E-state index in [1.165, 1.54) is 23.5 Å². The van der Waals surface area contributed by atoms with Gasteiger partial charge in [-0.25, -0.2) is 9.37 Å². The lowest BCUT2D eigenvalue weighted by molar-refractivity contribution is 0.629. The van der Waals surface area contributed by atoms with E-state index in [1.807, 2.05) is 6.92 Å². The summed E-state index contributed by atoms with van der Waals surface area (Å²) in [4.78, 5) is 4.34. The van der Waals surface area contributed by atoms with Crippen molar-refractivity contribution in [2.45, 2.75) is 6.92 Å². The number of nitrogens with one attached hydrogen (secondary N) is 1. The fraction of sp³-hybridized carbons (Fsp3) is 0.222. The molecular formula is C9H8BrFN2S. The van der Waals surface area contributed by atoms with Gasteiger partial charge >= 0.3 is 0 Å². The fourth-order valence-corrected chi connectivity index (χ4v) is 2.82. The van der Waals surface area contributed by atoms with Gasteiger partial charge in [0, 0.05) is 11.0 Å². The molecule has 1 aromatic carbocycles. The van der Waals surface area contributed by atoms with Crippen molar-refractivity contribution in [1.82, 2.24) is 4.98 Å². The second-order valence-corrected chi connectivity index (χ2v) is 4.67. The number of fused-ring (bicyclic) bond motifs is 1. The molecule has 0 unspecified atom stereocenters. The molecule has 2 aromatic rings. The highest BCUT2D eigenvalue weighted by Crippen LogP contribution is 2.31. The number of hydrogen-bond donors (Lipinski definition) is 1. The summed E-state index contributed by atoms with van der Waals surface area (Å²) in [6.07, 6.45) is 0. The van der Waals surface area contributed by atoms with Crippen molar-refractivity contribution in [2.24, 2.45) is 0 Å². The maximum absolute atomic E-state index is 13.0. The lowest BCUT2D eigenvalue weighted by Crippen LogP contribution is -1.94. The van der Waals surface area contributed by atoms with Crippen LogP contribution in [0.15, 0.2) is 16.6 Å². The monoisotopic (exact) mass is 274 g/mol. The molecule has 2 nitrogen and oxygen atoms in total. The van der Waals surface area contributed by atoms with Crippen LogP contribution in [0.4, 0.5) is 9.52 Å². The van der Waals surface area contributed by atoms with Gasteiger partial charge in [-0.05, 0) is 35.0 Å². The van der Waals surface area contributed by atoms with Gasteiger partial charge < -0.3 is 5.32 Å². The van der Waals surface area contributed by atoms with Crippen LogP contribution in [0, 0.1) is 5.82 Å². The Morgan fingerprint density at radius 1 is 1.57 bits per heavy atom. The Kier molecular flexibility index (Phi) is 2.69. The van der Waals surface area contributed by atoms with E-state index in [1.54, 1.807) is 0 Å². The van der Waals surface area contributed by atoms with Gasteiger partial charge in [0.2, 0.25) is 0 Å². The molecule has 2 rings (SSSR count). The van der Waals surface area contributed by atoms with E-state index in [2.05, 4.69) is 26.2 Å². The first kappa shape index (κ1) is 9.86. The number of benzene rings is 1. The van der Waals surface area contributed by atoms with Crippen LogP contribution < -0.4 is 5.32 Å². The normalized spacial score (nSPS) is 10.8. The van der Waals surface area contributed by atoms with Crippen molar-refractivity contribution in [3.8, 4) is 0 Å². The van der Waals surface area contributed by atoms with Gasteiger partial charge in [-0.1, -0.05) is 11.3 Å². The largest absolute Gasteiger partial charge is 0.362 e. The third kappa shape index (κ3) is 1.74. The van der Waals surface area contributed by atoms with E-state index in [-0.39, 0.29) is 5.82 Å². The van der Waals surface area contributed by atoms with Crippen LogP contribution in [0.25, 0.3) is 10.2 Å². The molecule has 0 aliphatic rings. The number of halogens is 2. The van der Waals surface area contributed by atoms with Crippen molar-refractivity contribution in [2.75, 3.05) is 11.9 Å². The number of rotatable bonds is 2. The molecule has 0 fully saturated rings. The number of aromatic nitrogens is 1. The van der Waals surface area contributed by atoms with Crippen LogP contribution in [0.3, 0.4) is 0 Å². The van der Waals surface area contributed by atoms with Crippen molar-refractivity contribution >= 4 is 42.6 Å². The number of nitrogens with zero attached hydrogens (tertiary/aromatic N) is 1. The Morgan fingerprint density at radius 2 is 2.36 bits per heavy atom. The molecule has 1 aromatic heterocycles. The minimum atomic E-state index is -0.240. The van der Waals surface area contributed by atoms with Gasteiger partial charge in [0.15, 0.2) is 5.13 Å². The minimum absolute atomic E-state index is 0.240. The first-order valence-electron chi connectivity index (χ1n) is 4.20. The van der Waals surface area contributed by atoms with Crippen molar-refractivity contribution in [3.63, 3.8) is 0 Å². The Labute approximate surface area is 93.3 Å². The number of anilines is 1. The summed E-state index contributed by atoms with van der Waals surface area (Å²) in [6, 6.07) is 2.93. The number of thiazole rings is 1. The molecule has 1 N–H and O–H groups in total. The van der Waals surface area contributed by atoms with Crippen molar-refractivity contribution in [1.29, 1.82) is 0 Å². The Bertz CT molecular complexity index is 469. The minimum Gasteiger partial charge on any atom is -0.362 e. The topological polar surface area (TPSA) is 24.9 Å². The highest BCUT2D eigenvalue weighted by Gasteiger charge is 2.07. The van der Waals surface area contributed by atoms with E-state index < -0.39 is 0 Å². The third-order valence-corrected chi connectivity index (χ3v) is 3.31. The van der Waals surface area contributed by atoms with Gasteiger partial charge in [-0.15, -0.1) is 0 Å². The summed E-state index contributed by atoms with van der Waals surface area (Å²) in [5.41, 5.74) is 0.812. The smallest absolute Gasteiger partial charge is 0.183 e. The summed E-state index contributed by atoms with van der Waals surface area (Å²) in [5.74, 6) is -0.240. The molecule has 14 heavy (non-hydrogen) atoms. The average Bonchev–Trinajstić information content (AvgIpc) is 2.48. The first-order valence-corrected chi connectivity index (χ1v) is 5.81. The Hall–Kier alpha value is -0.680. The molecule has 0 radical (unpaired) electrons. The molecule has 74 valence electrons. The lowest BCUT2D eigenvalue weighted by atomic mass is 10.3. The highest BCUT2D eigenvalue weighted by molar-refractivity contribution is 9.10. The summed E-state index contributed by atoms with van der Waals surface area (Å²) < 4.78 is 14.6. The van der Waals surface area contributed by atoms with Gasteiger partial charge in [0.25, 0.3) is 0 Å². The third-order valence-electron chi connectivity index (χ3n) is 1.74. The predicted molar refractivity (Wildman–Crippen MR) is 61.4 cm³/mol. The van der Waals surface area contributed by atoms with Crippen LogP contribution in [0.5, 0.6) is 0 Å². The van der Waals surface area contributed by atoms with Crippen LogP contribution in [0.1, 0.15) is 6.92 Å². The van der Waals surface area contributed by atoms with E-state index in [4.69, 9.17) is 0 Å². The average molecular weight is 275 g/mol. The summed E-state index contributed by atoms with van der Waals surface area (Å²) in [5, 5.41) is 3.94. The lowest BCUT2D eigenvalue weighted by Gasteiger charge is -1.92. The van der Waals surface area contributed by atoms with Crippen molar-refractivity contribution in [3.05, 3.63) is 22.4 Å². The first-order chi connectivity index (χ1) is 6.70. The van der Waals surface area contributed by atoms with Crippen LogP contribution in [-0.2, 0) is 0 Å². The van der Waals surface area contributed by atoms with Gasteiger partial charge in [0.05, 0.1) is 10.2 Å². The van der Waals surface area contributed by atoms with Gasteiger partial charge in [-0.3, -0.25) is 0 Å². The molecule has 1 heterocycles. The van der Waals surface area contributed by atoms with Gasteiger partial charge in [-0.2, -0.15) is 0 Å².